The van der Waals surface area contributed by atoms with Crippen molar-refractivity contribution in [2.45, 2.75) is 26.7 Å². The van der Waals surface area contributed by atoms with Crippen LogP contribution in [0.25, 0.3) is 0 Å². The summed E-state index contributed by atoms with van der Waals surface area (Å²) in [7, 11) is 0. The second-order valence-corrected chi connectivity index (χ2v) is 4.12. The molecule has 1 aromatic carbocycles. The maximum absolute atomic E-state index is 8.61. The van der Waals surface area contributed by atoms with Gasteiger partial charge in [0.25, 0.3) is 0 Å². The molecule has 0 fully saturated rings. The van der Waals surface area contributed by atoms with Crippen molar-refractivity contribution in [1.82, 2.24) is 0 Å². The van der Waals surface area contributed by atoms with Gasteiger partial charge < -0.3 is 0 Å². The largest absolute Gasteiger partial charge is 0.293 e. The molecular formula is C14H18N2. The molecule has 0 N–H and O–H groups in total. The van der Waals surface area contributed by atoms with Gasteiger partial charge in [-0.15, -0.1) is 0 Å². The lowest BCUT2D eigenvalue weighted by Gasteiger charge is -1.99. The van der Waals surface area contributed by atoms with E-state index in [-0.39, 0.29) is 5.92 Å². The van der Waals surface area contributed by atoms with Gasteiger partial charge in [0.15, 0.2) is 0 Å². The molecule has 0 radical (unpaired) electrons. The SMILES string of the molecule is Cc1cccc(/C=N/CCCC(C)C#N)c1. The molecule has 1 aromatic rings. The number of nitrogens with zero attached hydrogens (tertiary/aromatic N) is 2. The van der Waals surface area contributed by atoms with Gasteiger partial charge in [0.05, 0.1) is 6.07 Å². The van der Waals surface area contributed by atoms with E-state index in [2.05, 4.69) is 36.2 Å². The summed E-state index contributed by atoms with van der Waals surface area (Å²) in [5.74, 6) is 0.147. The molecule has 2 heteroatoms. The molecule has 0 aliphatic rings. The van der Waals surface area contributed by atoms with Crippen molar-refractivity contribution < 1.29 is 0 Å². The molecular weight excluding hydrogens is 196 g/mol. The molecule has 1 unspecified atom stereocenters. The summed E-state index contributed by atoms with van der Waals surface area (Å²) in [4.78, 5) is 4.35. The van der Waals surface area contributed by atoms with Gasteiger partial charge in [-0.05, 0) is 32.3 Å². The molecule has 0 aliphatic heterocycles. The third-order valence-electron chi connectivity index (χ3n) is 2.43. The lowest BCUT2D eigenvalue weighted by molar-refractivity contribution is 0.625. The molecule has 84 valence electrons. The first-order chi connectivity index (χ1) is 7.72. The maximum Gasteiger partial charge on any atom is 0.0652 e. The predicted molar refractivity (Wildman–Crippen MR) is 67.7 cm³/mol. The van der Waals surface area contributed by atoms with Crippen molar-refractivity contribution in [2.24, 2.45) is 10.9 Å². The zero-order valence-electron chi connectivity index (χ0n) is 9.98. The number of hydrogen-bond acceptors (Lipinski definition) is 2. The van der Waals surface area contributed by atoms with Gasteiger partial charge in [-0.2, -0.15) is 5.26 Å². The zero-order chi connectivity index (χ0) is 11.8. The predicted octanol–water partition coefficient (Wildman–Crippen LogP) is 3.35. The van der Waals surface area contributed by atoms with E-state index < -0.39 is 0 Å². The van der Waals surface area contributed by atoms with Gasteiger partial charge in [-0.1, -0.05) is 29.8 Å². The van der Waals surface area contributed by atoms with Crippen LogP contribution in [-0.2, 0) is 0 Å². The molecule has 2 nitrogen and oxygen atoms in total. The molecule has 16 heavy (non-hydrogen) atoms. The fourth-order valence-corrected chi connectivity index (χ4v) is 1.47. The van der Waals surface area contributed by atoms with Crippen LogP contribution in [0.15, 0.2) is 29.3 Å². The second-order valence-electron chi connectivity index (χ2n) is 4.12. The van der Waals surface area contributed by atoms with Gasteiger partial charge in [0.1, 0.15) is 0 Å². The van der Waals surface area contributed by atoms with Crippen molar-refractivity contribution in [1.29, 1.82) is 5.26 Å². The fourth-order valence-electron chi connectivity index (χ4n) is 1.47. The van der Waals surface area contributed by atoms with Crippen LogP contribution >= 0.6 is 0 Å². The van der Waals surface area contributed by atoms with Crippen molar-refractivity contribution in [3.8, 4) is 6.07 Å². The topological polar surface area (TPSA) is 36.1 Å². The highest BCUT2D eigenvalue weighted by molar-refractivity contribution is 5.79. The molecule has 0 spiro atoms. The van der Waals surface area contributed by atoms with Crippen molar-refractivity contribution in [3.63, 3.8) is 0 Å². The highest BCUT2D eigenvalue weighted by atomic mass is 14.7. The van der Waals surface area contributed by atoms with Crippen LogP contribution in [0.4, 0.5) is 0 Å². The van der Waals surface area contributed by atoms with Gasteiger partial charge >= 0.3 is 0 Å². The maximum atomic E-state index is 8.61. The van der Waals surface area contributed by atoms with Crippen LogP contribution < -0.4 is 0 Å². The van der Waals surface area contributed by atoms with E-state index in [1.165, 1.54) is 5.56 Å². The van der Waals surface area contributed by atoms with Crippen LogP contribution in [-0.4, -0.2) is 12.8 Å². The highest BCUT2D eigenvalue weighted by Crippen LogP contribution is 2.04. The van der Waals surface area contributed by atoms with Gasteiger partial charge in [0, 0.05) is 18.7 Å². The number of rotatable bonds is 5. The first-order valence-corrected chi connectivity index (χ1v) is 5.68. The van der Waals surface area contributed by atoms with E-state index in [0.717, 1.165) is 24.9 Å². The lowest BCUT2D eigenvalue weighted by atomic mass is 10.1. The van der Waals surface area contributed by atoms with Crippen molar-refractivity contribution >= 4 is 6.21 Å². The molecule has 0 aromatic heterocycles. The molecule has 0 bridgehead atoms. The first kappa shape index (κ1) is 12.4. The normalized spacial score (nSPS) is 12.6. The standard InChI is InChI=1S/C14H18N2/c1-12-5-3-7-14(9-12)11-16-8-4-6-13(2)10-15/h3,5,7,9,11,13H,4,6,8H2,1-2H3/b16-11+. The Kier molecular flexibility index (Phi) is 5.28. The minimum Gasteiger partial charge on any atom is -0.293 e. The third-order valence-corrected chi connectivity index (χ3v) is 2.43. The van der Waals surface area contributed by atoms with E-state index in [0.29, 0.717) is 0 Å². The number of nitriles is 1. The first-order valence-electron chi connectivity index (χ1n) is 5.68. The van der Waals surface area contributed by atoms with Gasteiger partial charge in [-0.25, -0.2) is 0 Å². The lowest BCUT2D eigenvalue weighted by Crippen LogP contribution is -1.92. The summed E-state index contributed by atoms with van der Waals surface area (Å²) in [6.45, 7) is 4.83. The second kappa shape index (κ2) is 6.79. The van der Waals surface area contributed by atoms with Crippen molar-refractivity contribution in [2.75, 3.05) is 6.54 Å². The third kappa shape index (κ3) is 4.75. The number of aryl methyl sites for hydroxylation is 1. The van der Waals surface area contributed by atoms with E-state index in [1.54, 1.807) is 0 Å². The van der Waals surface area contributed by atoms with E-state index in [1.807, 2.05) is 19.2 Å². The number of hydrogen-bond donors (Lipinski definition) is 0. The van der Waals surface area contributed by atoms with E-state index >= 15 is 0 Å². The van der Waals surface area contributed by atoms with Crippen LogP contribution in [0.5, 0.6) is 0 Å². The Morgan fingerprint density at radius 3 is 3.00 bits per heavy atom. The molecule has 1 rings (SSSR count). The number of benzene rings is 1. The summed E-state index contributed by atoms with van der Waals surface area (Å²) in [5.41, 5.74) is 2.40. The Morgan fingerprint density at radius 1 is 1.50 bits per heavy atom. The van der Waals surface area contributed by atoms with Crippen LogP contribution in [0.1, 0.15) is 30.9 Å². The average Bonchev–Trinajstić information content (AvgIpc) is 2.28. The summed E-state index contributed by atoms with van der Waals surface area (Å²) < 4.78 is 0. The summed E-state index contributed by atoms with van der Waals surface area (Å²) in [5, 5.41) is 8.61. The van der Waals surface area contributed by atoms with Crippen molar-refractivity contribution in [3.05, 3.63) is 35.4 Å². The average molecular weight is 214 g/mol. The Bertz CT molecular complexity index is 388. The number of aliphatic imine (C=N–C) groups is 1. The van der Waals surface area contributed by atoms with Gasteiger partial charge in [-0.3, -0.25) is 4.99 Å². The fraction of sp³-hybridized carbons (Fsp3) is 0.429. The van der Waals surface area contributed by atoms with Gasteiger partial charge in [0.2, 0.25) is 0 Å². The molecule has 0 heterocycles. The minimum atomic E-state index is 0.147. The quantitative estimate of drug-likeness (QED) is 0.547. The molecule has 1 atom stereocenters. The van der Waals surface area contributed by atoms with Crippen LogP contribution in [0, 0.1) is 24.2 Å². The molecule has 0 saturated heterocycles. The molecule has 0 saturated carbocycles. The minimum absolute atomic E-state index is 0.147. The van der Waals surface area contributed by atoms with Crippen LogP contribution in [0.2, 0.25) is 0 Å². The van der Waals surface area contributed by atoms with E-state index in [4.69, 9.17) is 5.26 Å². The smallest absolute Gasteiger partial charge is 0.0652 e. The van der Waals surface area contributed by atoms with E-state index in [9.17, 15) is 0 Å². The molecule has 0 aliphatic carbocycles. The zero-order valence-corrected chi connectivity index (χ0v) is 9.98. The molecule has 0 amide bonds. The highest BCUT2D eigenvalue weighted by Gasteiger charge is 1.97. The summed E-state index contributed by atoms with van der Waals surface area (Å²) in [6.07, 6.45) is 3.82. The summed E-state index contributed by atoms with van der Waals surface area (Å²) in [6, 6.07) is 10.5. The monoisotopic (exact) mass is 214 g/mol. The Hall–Kier alpha value is -1.62. The Labute approximate surface area is 97.6 Å². The summed E-state index contributed by atoms with van der Waals surface area (Å²) >= 11 is 0. The Balaban J connectivity index is 2.30. The Morgan fingerprint density at radius 2 is 2.31 bits per heavy atom. The van der Waals surface area contributed by atoms with Crippen LogP contribution in [0.3, 0.4) is 0 Å².